The van der Waals surface area contributed by atoms with E-state index in [1.165, 1.54) is 14.0 Å². The van der Waals surface area contributed by atoms with Gasteiger partial charge in [-0.05, 0) is 31.5 Å². The number of ether oxygens (including phenoxy) is 1. The van der Waals surface area contributed by atoms with Crippen molar-refractivity contribution >= 4 is 27.6 Å². The molecule has 0 radical (unpaired) electrons. The van der Waals surface area contributed by atoms with Crippen LogP contribution in [0.2, 0.25) is 0 Å². The molecule has 0 atom stereocenters. The number of methoxy groups -OCH3 is 1. The van der Waals surface area contributed by atoms with Gasteiger partial charge in [-0.1, -0.05) is 17.3 Å². The van der Waals surface area contributed by atoms with Gasteiger partial charge in [0, 0.05) is 5.69 Å². The van der Waals surface area contributed by atoms with Crippen molar-refractivity contribution < 1.29 is 27.3 Å². The highest BCUT2D eigenvalue weighted by Gasteiger charge is 2.24. The molecule has 1 aromatic carbocycles. The lowest BCUT2D eigenvalue weighted by Crippen LogP contribution is -2.31. The lowest BCUT2D eigenvalue weighted by molar-refractivity contribution is -0.141. The van der Waals surface area contributed by atoms with E-state index in [-0.39, 0.29) is 35.2 Å². The summed E-state index contributed by atoms with van der Waals surface area (Å²) in [6, 6.07) is 6.31. The number of nitrogens with zero attached hydrogens (tertiary/aromatic N) is 1. The molecule has 0 aliphatic rings. The van der Waals surface area contributed by atoms with Crippen molar-refractivity contribution in [1.82, 2.24) is 10.5 Å². The highest BCUT2D eigenvalue weighted by atomic mass is 32.2. The van der Waals surface area contributed by atoms with Crippen LogP contribution in [-0.2, 0) is 30.8 Å². The summed E-state index contributed by atoms with van der Waals surface area (Å²) in [4.78, 5) is 22.7. The summed E-state index contributed by atoms with van der Waals surface area (Å²) < 4.78 is 36.6. The summed E-state index contributed by atoms with van der Waals surface area (Å²) in [5.41, 5.74) is 1.27. The second kappa shape index (κ2) is 8.00. The second-order valence-corrected chi connectivity index (χ2v) is 7.10. The van der Waals surface area contributed by atoms with Crippen molar-refractivity contribution in [1.29, 1.82) is 0 Å². The molecule has 1 heterocycles. The van der Waals surface area contributed by atoms with Crippen molar-refractivity contribution in [2.24, 2.45) is 0 Å². The molecule has 0 fully saturated rings. The Morgan fingerprint density at radius 3 is 2.38 bits per heavy atom. The normalized spacial score (nSPS) is 11.0. The van der Waals surface area contributed by atoms with Crippen molar-refractivity contribution in [3.8, 4) is 0 Å². The third-order valence-electron chi connectivity index (χ3n) is 3.46. The Labute approximate surface area is 150 Å². The zero-order valence-corrected chi connectivity index (χ0v) is 15.3. The third-order valence-corrected chi connectivity index (χ3v) is 5.09. The number of hydrogen-bond acceptors (Lipinski definition) is 7. The fourth-order valence-corrected chi connectivity index (χ4v) is 3.64. The fourth-order valence-electron chi connectivity index (χ4n) is 2.25. The first-order valence-corrected chi connectivity index (χ1v) is 9.09. The van der Waals surface area contributed by atoms with Crippen molar-refractivity contribution in [3.63, 3.8) is 0 Å². The number of benzene rings is 1. The molecule has 0 saturated heterocycles. The Morgan fingerprint density at radius 2 is 1.85 bits per heavy atom. The number of carbonyl (C=O) groups excluding carboxylic acids is 2. The Kier molecular flexibility index (Phi) is 5.98. The molecule has 26 heavy (non-hydrogen) atoms. The highest BCUT2D eigenvalue weighted by molar-refractivity contribution is 7.92. The number of aromatic nitrogens is 1. The first-order valence-electron chi connectivity index (χ1n) is 7.61. The van der Waals surface area contributed by atoms with Gasteiger partial charge in [-0.15, -0.1) is 0 Å². The molecule has 10 heteroatoms. The maximum absolute atomic E-state index is 12.4. The lowest BCUT2D eigenvalue weighted by atomic mass is 10.1. The number of anilines is 1. The van der Waals surface area contributed by atoms with Crippen LogP contribution in [0.1, 0.15) is 17.0 Å². The van der Waals surface area contributed by atoms with Gasteiger partial charge in [-0.25, -0.2) is 8.42 Å². The number of aryl methyl sites for hydroxylation is 2. The minimum absolute atomic E-state index is 0.00349. The van der Waals surface area contributed by atoms with Crippen LogP contribution in [0.3, 0.4) is 0 Å². The molecule has 1 aromatic heterocycles. The van der Waals surface area contributed by atoms with Gasteiger partial charge in [0.05, 0.1) is 13.5 Å². The summed E-state index contributed by atoms with van der Waals surface area (Å²) in [6.45, 7) is 2.86. The van der Waals surface area contributed by atoms with Gasteiger partial charge in [-0.3, -0.25) is 14.3 Å². The monoisotopic (exact) mass is 381 g/mol. The predicted molar refractivity (Wildman–Crippen MR) is 92.0 cm³/mol. The topological polar surface area (TPSA) is 128 Å². The fraction of sp³-hybridized carbons (Fsp3) is 0.312. The summed E-state index contributed by atoms with van der Waals surface area (Å²) in [5, 5.41) is 6.06. The molecule has 2 aromatic rings. The number of hydrogen-bond donors (Lipinski definition) is 2. The highest BCUT2D eigenvalue weighted by Crippen LogP contribution is 2.22. The summed E-state index contributed by atoms with van der Waals surface area (Å²) in [5.74, 6) is -0.684. The first kappa shape index (κ1) is 19.4. The molecule has 0 unspecified atom stereocenters. The van der Waals surface area contributed by atoms with Gasteiger partial charge in [-0.2, -0.15) is 0 Å². The average Bonchev–Trinajstić information content (AvgIpc) is 2.93. The number of sulfonamides is 1. The standard InChI is InChI=1S/C16H19N3O6S/c1-10-16(11(2)25-18-10)26(22,23)19-13-6-4-12(5-7-13)8-14(20)17-9-15(21)24-3/h4-7,19H,8-9H2,1-3H3,(H,17,20). The molecular weight excluding hydrogens is 362 g/mol. The Balaban J connectivity index is 2.01. The Hall–Kier alpha value is -2.88. The van der Waals surface area contributed by atoms with Crippen molar-refractivity contribution in [2.75, 3.05) is 18.4 Å². The van der Waals surface area contributed by atoms with E-state index in [2.05, 4.69) is 19.9 Å². The molecule has 0 spiro atoms. The number of amides is 1. The zero-order chi connectivity index (χ0) is 19.3. The van der Waals surface area contributed by atoms with Crippen LogP contribution in [0.5, 0.6) is 0 Å². The molecule has 1 amide bonds. The quantitative estimate of drug-likeness (QED) is 0.683. The van der Waals surface area contributed by atoms with E-state index in [4.69, 9.17) is 4.52 Å². The van der Waals surface area contributed by atoms with Crippen LogP contribution in [0, 0.1) is 13.8 Å². The lowest BCUT2D eigenvalue weighted by Gasteiger charge is -2.09. The molecule has 2 rings (SSSR count). The zero-order valence-electron chi connectivity index (χ0n) is 14.5. The van der Waals surface area contributed by atoms with E-state index in [0.29, 0.717) is 11.3 Å². The molecule has 2 N–H and O–H groups in total. The number of carbonyl (C=O) groups is 2. The second-order valence-electron chi connectivity index (χ2n) is 5.49. The third kappa shape index (κ3) is 4.82. The van der Waals surface area contributed by atoms with Crippen LogP contribution < -0.4 is 10.0 Å². The SMILES string of the molecule is COC(=O)CNC(=O)Cc1ccc(NS(=O)(=O)c2c(C)noc2C)cc1. The van der Waals surface area contributed by atoms with E-state index in [0.717, 1.165) is 0 Å². The van der Waals surface area contributed by atoms with E-state index in [1.54, 1.807) is 31.2 Å². The summed E-state index contributed by atoms with van der Waals surface area (Å²) in [7, 11) is -2.59. The van der Waals surface area contributed by atoms with E-state index < -0.39 is 16.0 Å². The Bertz CT molecular complexity index is 883. The predicted octanol–water partition coefficient (Wildman–Crippen LogP) is 0.924. The van der Waals surface area contributed by atoms with Gasteiger partial charge in [0.2, 0.25) is 5.91 Å². The van der Waals surface area contributed by atoms with Crippen LogP contribution in [0.15, 0.2) is 33.7 Å². The first-order chi connectivity index (χ1) is 12.2. The van der Waals surface area contributed by atoms with E-state index in [1.807, 2.05) is 0 Å². The molecule has 140 valence electrons. The molecule has 0 saturated carbocycles. The van der Waals surface area contributed by atoms with Gasteiger partial charge >= 0.3 is 5.97 Å². The maximum Gasteiger partial charge on any atom is 0.325 e. The van der Waals surface area contributed by atoms with Gasteiger partial charge < -0.3 is 14.6 Å². The number of rotatable bonds is 7. The Morgan fingerprint density at radius 1 is 1.19 bits per heavy atom. The van der Waals surface area contributed by atoms with Crippen LogP contribution >= 0.6 is 0 Å². The van der Waals surface area contributed by atoms with Crippen LogP contribution in [0.25, 0.3) is 0 Å². The molecule has 9 nitrogen and oxygen atoms in total. The van der Waals surface area contributed by atoms with Gasteiger partial charge in [0.15, 0.2) is 10.7 Å². The summed E-state index contributed by atoms with van der Waals surface area (Å²) in [6.07, 6.45) is 0.0495. The van der Waals surface area contributed by atoms with E-state index in [9.17, 15) is 18.0 Å². The molecule has 0 bridgehead atoms. The minimum Gasteiger partial charge on any atom is -0.468 e. The largest absolute Gasteiger partial charge is 0.468 e. The minimum atomic E-state index is -3.83. The number of nitrogens with one attached hydrogen (secondary N) is 2. The van der Waals surface area contributed by atoms with Crippen molar-refractivity contribution in [2.45, 2.75) is 25.2 Å². The smallest absolute Gasteiger partial charge is 0.325 e. The van der Waals surface area contributed by atoms with Crippen molar-refractivity contribution in [3.05, 3.63) is 41.3 Å². The van der Waals surface area contributed by atoms with Gasteiger partial charge in [0.1, 0.15) is 12.2 Å². The molecule has 0 aliphatic carbocycles. The van der Waals surface area contributed by atoms with Gasteiger partial charge in [0.25, 0.3) is 10.0 Å². The molecular formula is C16H19N3O6S. The van der Waals surface area contributed by atoms with Crippen LogP contribution in [0.4, 0.5) is 5.69 Å². The number of esters is 1. The summed E-state index contributed by atoms with van der Waals surface area (Å²) >= 11 is 0. The molecule has 0 aliphatic heterocycles. The van der Waals surface area contributed by atoms with Crippen LogP contribution in [-0.4, -0.2) is 39.1 Å². The average molecular weight is 381 g/mol. The van der Waals surface area contributed by atoms with E-state index >= 15 is 0 Å². The maximum atomic E-state index is 12.4.